The Labute approximate surface area is 184 Å². The number of thioether (sulfide) groups is 1. The lowest BCUT2D eigenvalue weighted by Gasteiger charge is -2.14. The highest BCUT2D eigenvalue weighted by Gasteiger charge is 2.19. The smallest absolute Gasteiger partial charge is 0.267 e. The quantitative estimate of drug-likeness (QED) is 0.323. The average molecular weight is 446 g/mol. The van der Waals surface area contributed by atoms with Crippen molar-refractivity contribution in [3.8, 4) is 5.69 Å². The Bertz CT molecular complexity index is 1130. The molecule has 0 aliphatic rings. The molecule has 30 heavy (non-hydrogen) atoms. The largest absolute Gasteiger partial charge is 0.385 e. The van der Waals surface area contributed by atoms with E-state index in [2.05, 4.69) is 5.32 Å². The highest BCUT2D eigenvalue weighted by atomic mass is 32.2. The summed E-state index contributed by atoms with van der Waals surface area (Å²) in [5.74, 6) is 0.106. The van der Waals surface area contributed by atoms with E-state index in [1.807, 2.05) is 45.9 Å². The van der Waals surface area contributed by atoms with Crippen LogP contribution in [0.2, 0.25) is 0 Å². The van der Waals surface area contributed by atoms with Crippen molar-refractivity contribution in [1.29, 1.82) is 0 Å². The minimum atomic E-state index is -0.0897. The number of thiophene rings is 1. The molecule has 0 aliphatic carbocycles. The maximum atomic E-state index is 13.5. The summed E-state index contributed by atoms with van der Waals surface area (Å²) in [5.41, 5.74) is 3.91. The van der Waals surface area contributed by atoms with E-state index in [0.717, 1.165) is 38.5 Å². The number of methoxy groups -OCH3 is 1. The number of fused-ring (bicyclic) bond motifs is 1. The van der Waals surface area contributed by atoms with Crippen molar-refractivity contribution in [2.75, 3.05) is 26.0 Å². The molecule has 0 saturated carbocycles. The number of hydrogen-bond acceptors (Lipinski definition) is 6. The van der Waals surface area contributed by atoms with E-state index >= 15 is 0 Å². The molecule has 6 nitrogen and oxygen atoms in total. The summed E-state index contributed by atoms with van der Waals surface area (Å²) in [7, 11) is 1.64. The van der Waals surface area contributed by atoms with Gasteiger partial charge in [0, 0.05) is 25.1 Å². The maximum absolute atomic E-state index is 13.5. The number of carbonyl (C=O) groups is 1. The number of nitrogens with zero attached hydrogens (tertiary/aromatic N) is 2. The van der Waals surface area contributed by atoms with Crippen molar-refractivity contribution in [2.24, 2.45) is 0 Å². The highest BCUT2D eigenvalue weighted by Crippen LogP contribution is 2.29. The fourth-order valence-electron chi connectivity index (χ4n) is 3.09. The van der Waals surface area contributed by atoms with E-state index in [0.29, 0.717) is 23.7 Å². The number of hydrogen-bond donors (Lipinski definition) is 1. The van der Waals surface area contributed by atoms with Crippen LogP contribution in [0.25, 0.3) is 15.9 Å². The molecule has 2 aromatic heterocycles. The summed E-state index contributed by atoms with van der Waals surface area (Å²) >= 11 is 2.80. The molecule has 3 aromatic rings. The molecule has 0 bridgehead atoms. The first-order valence-electron chi connectivity index (χ1n) is 9.82. The second-order valence-corrected chi connectivity index (χ2v) is 9.40. The zero-order chi connectivity index (χ0) is 21.8. The van der Waals surface area contributed by atoms with E-state index in [1.54, 1.807) is 11.7 Å². The summed E-state index contributed by atoms with van der Waals surface area (Å²) in [6.07, 6.45) is 0.762. The molecule has 0 atom stereocenters. The Kier molecular flexibility index (Phi) is 7.33. The number of aromatic nitrogens is 2. The molecule has 8 heteroatoms. The number of amides is 1. The van der Waals surface area contributed by atoms with Crippen LogP contribution in [0.5, 0.6) is 0 Å². The van der Waals surface area contributed by atoms with Gasteiger partial charge in [0.25, 0.3) is 5.56 Å². The van der Waals surface area contributed by atoms with Gasteiger partial charge in [0.05, 0.1) is 16.8 Å². The van der Waals surface area contributed by atoms with Gasteiger partial charge in [-0.1, -0.05) is 17.8 Å². The molecule has 0 saturated heterocycles. The number of benzene rings is 1. The van der Waals surface area contributed by atoms with Gasteiger partial charge in [0.15, 0.2) is 5.16 Å². The van der Waals surface area contributed by atoms with Crippen molar-refractivity contribution in [3.05, 3.63) is 50.1 Å². The van der Waals surface area contributed by atoms with Crippen LogP contribution >= 0.6 is 23.1 Å². The van der Waals surface area contributed by atoms with E-state index < -0.39 is 0 Å². The molecular weight excluding hydrogens is 418 g/mol. The standard InChI is InChI=1S/C22H27N3O3S2/c1-13-7-8-17(11-14(13)2)25-21(27)19-15(3)16(4)30-20(19)24-22(25)29-12-18(26)23-9-6-10-28-5/h7-8,11H,6,9-10,12H2,1-5H3,(H,23,26). The van der Waals surface area contributed by atoms with Crippen molar-refractivity contribution in [2.45, 2.75) is 39.3 Å². The Morgan fingerprint density at radius 1 is 1.23 bits per heavy atom. The third-order valence-corrected chi connectivity index (χ3v) is 7.14. The minimum absolute atomic E-state index is 0.0874. The molecule has 160 valence electrons. The maximum Gasteiger partial charge on any atom is 0.267 e. The predicted octanol–water partition coefficient (Wildman–Crippen LogP) is 3.93. The number of rotatable bonds is 8. The SMILES string of the molecule is COCCCNC(=O)CSc1nc2sc(C)c(C)c2c(=O)n1-c1ccc(C)c(C)c1. The Morgan fingerprint density at radius 2 is 2.00 bits per heavy atom. The molecule has 0 fully saturated rings. The fraction of sp³-hybridized carbons (Fsp3) is 0.409. The summed E-state index contributed by atoms with van der Waals surface area (Å²) in [6.45, 7) is 9.20. The predicted molar refractivity (Wildman–Crippen MR) is 124 cm³/mol. The van der Waals surface area contributed by atoms with Crippen LogP contribution in [0.3, 0.4) is 0 Å². The van der Waals surface area contributed by atoms with Crippen LogP contribution in [0.1, 0.15) is 28.0 Å². The molecule has 0 radical (unpaired) electrons. The highest BCUT2D eigenvalue weighted by molar-refractivity contribution is 7.99. The molecule has 1 N–H and O–H groups in total. The zero-order valence-corrected chi connectivity index (χ0v) is 19.6. The molecular formula is C22H27N3O3S2. The van der Waals surface area contributed by atoms with Crippen LogP contribution < -0.4 is 10.9 Å². The van der Waals surface area contributed by atoms with Gasteiger partial charge in [-0.15, -0.1) is 11.3 Å². The van der Waals surface area contributed by atoms with Crippen LogP contribution in [-0.2, 0) is 9.53 Å². The molecule has 0 unspecified atom stereocenters. The Balaban J connectivity index is 1.98. The van der Waals surface area contributed by atoms with Gasteiger partial charge < -0.3 is 10.1 Å². The Morgan fingerprint density at radius 3 is 2.70 bits per heavy atom. The average Bonchev–Trinajstić information content (AvgIpc) is 3.00. The normalized spacial score (nSPS) is 11.2. The van der Waals surface area contributed by atoms with E-state index in [4.69, 9.17) is 9.72 Å². The second kappa shape index (κ2) is 9.76. The second-order valence-electron chi connectivity index (χ2n) is 7.25. The third kappa shape index (κ3) is 4.77. The number of aryl methyl sites for hydroxylation is 4. The summed E-state index contributed by atoms with van der Waals surface area (Å²) in [4.78, 5) is 32.3. The fourth-order valence-corrected chi connectivity index (χ4v) is 5.00. The lowest BCUT2D eigenvalue weighted by atomic mass is 10.1. The minimum Gasteiger partial charge on any atom is -0.385 e. The third-order valence-electron chi connectivity index (χ3n) is 5.10. The first kappa shape index (κ1) is 22.5. The van der Waals surface area contributed by atoms with Gasteiger partial charge in [-0.3, -0.25) is 14.2 Å². The van der Waals surface area contributed by atoms with Crippen molar-refractivity contribution in [1.82, 2.24) is 14.9 Å². The number of ether oxygens (including phenoxy) is 1. The molecule has 1 aromatic carbocycles. The molecule has 0 spiro atoms. The molecule has 3 rings (SSSR count). The van der Waals surface area contributed by atoms with Gasteiger partial charge in [-0.25, -0.2) is 4.98 Å². The van der Waals surface area contributed by atoms with Crippen LogP contribution in [0, 0.1) is 27.7 Å². The van der Waals surface area contributed by atoms with Gasteiger partial charge in [0.2, 0.25) is 5.91 Å². The zero-order valence-electron chi connectivity index (χ0n) is 18.0. The lowest BCUT2D eigenvalue weighted by Crippen LogP contribution is -2.28. The van der Waals surface area contributed by atoms with Crippen LogP contribution in [0.4, 0.5) is 0 Å². The Hall–Kier alpha value is -2.16. The van der Waals surface area contributed by atoms with Crippen LogP contribution in [-0.4, -0.2) is 41.5 Å². The molecule has 1 amide bonds. The van der Waals surface area contributed by atoms with Crippen molar-refractivity contribution in [3.63, 3.8) is 0 Å². The van der Waals surface area contributed by atoms with Crippen molar-refractivity contribution >= 4 is 39.2 Å². The van der Waals surface area contributed by atoms with Gasteiger partial charge in [0.1, 0.15) is 4.83 Å². The first-order valence-corrected chi connectivity index (χ1v) is 11.6. The molecule has 2 heterocycles. The van der Waals surface area contributed by atoms with E-state index in [-0.39, 0.29) is 17.2 Å². The van der Waals surface area contributed by atoms with Crippen LogP contribution in [0.15, 0.2) is 28.2 Å². The topological polar surface area (TPSA) is 73.2 Å². The van der Waals surface area contributed by atoms with E-state index in [9.17, 15) is 9.59 Å². The van der Waals surface area contributed by atoms with Gasteiger partial charge >= 0.3 is 0 Å². The molecule has 0 aliphatic heterocycles. The van der Waals surface area contributed by atoms with Gasteiger partial charge in [-0.05, 0) is 62.9 Å². The summed E-state index contributed by atoms with van der Waals surface area (Å²) in [5, 5.41) is 4.06. The first-order chi connectivity index (χ1) is 14.3. The summed E-state index contributed by atoms with van der Waals surface area (Å²) < 4.78 is 6.63. The van der Waals surface area contributed by atoms with Crippen molar-refractivity contribution < 1.29 is 9.53 Å². The van der Waals surface area contributed by atoms with Gasteiger partial charge in [-0.2, -0.15) is 0 Å². The lowest BCUT2D eigenvalue weighted by molar-refractivity contribution is -0.118. The summed E-state index contributed by atoms with van der Waals surface area (Å²) in [6, 6.07) is 5.93. The number of nitrogens with one attached hydrogen (secondary N) is 1. The van der Waals surface area contributed by atoms with E-state index in [1.165, 1.54) is 23.1 Å². The number of carbonyl (C=O) groups excluding carboxylic acids is 1. The monoisotopic (exact) mass is 445 g/mol.